The number of hydrogen-bond acceptors (Lipinski definition) is 4. The highest BCUT2D eigenvalue weighted by Crippen LogP contribution is 2.25. The molecule has 1 heterocycles. The van der Waals surface area contributed by atoms with Crippen molar-refractivity contribution in [2.45, 2.75) is 40.5 Å². The Morgan fingerprint density at radius 1 is 1.00 bits per heavy atom. The maximum absolute atomic E-state index is 4.83. The molecule has 1 aromatic heterocycles. The van der Waals surface area contributed by atoms with Crippen molar-refractivity contribution in [3.05, 3.63) is 42.1 Å². The Hall–Kier alpha value is -2.10. The smallest absolute Gasteiger partial charge is 0.227 e. The third kappa shape index (κ3) is 4.44. The predicted octanol–water partition coefficient (Wildman–Crippen LogP) is 4.57. The molecule has 4 nitrogen and oxygen atoms in total. The van der Waals surface area contributed by atoms with Gasteiger partial charge in [0.15, 0.2) is 0 Å². The third-order valence-electron chi connectivity index (χ3n) is 3.80. The first-order valence-corrected chi connectivity index (χ1v) is 8.61. The summed E-state index contributed by atoms with van der Waals surface area (Å²) in [6.45, 7) is 11.5. The van der Waals surface area contributed by atoms with E-state index in [1.54, 1.807) is 0 Å². The van der Waals surface area contributed by atoms with E-state index >= 15 is 0 Å². The molecule has 0 saturated heterocycles. The van der Waals surface area contributed by atoms with Crippen LogP contribution in [0.3, 0.4) is 0 Å². The van der Waals surface area contributed by atoms with E-state index in [4.69, 9.17) is 4.98 Å². The largest absolute Gasteiger partial charge is 0.341 e. The quantitative estimate of drug-likeness (QED) is 0.715. The third-order valence-corrected chi connectivity index (χ3v) is 3.80. The Morgan fingerprint density at radius 3 is 2.35 bits per heavy atom. The Kier molecular flexibility index (Phi) is 6.39. The van der Waals surface area contributed by atoms with E-state index in [1.807, 2.05) is 12.3 Å². The normalized spacial score (nSPS) is 10.6. The molecule has 0 aliphatic carbocycles. The van der Waals surface area contributed by atoms with Crippen LogP contribution in [-0.2, 0) is 0 Å². The molecule has 0 unspecified atom stereocenters. The summed E-state index contributed by atoms with van der Waals surface area (Å²) >= 11 is 0. The van der Waals surface area contributed by atoms with Gasteiger partial charge in [0.05, 0.1) is 0 Å². The van der Waals surface area contributed by atoms with E-state index < -0.39 is 0 Å². The van der Waals surface area contributed by atoms with Crippen LogP contribution >= 0.6 is 0 Å². The zero-order chi connectivity index (χ0) is 16.7. The highest BCUT2D eigenvalue weighted by molar-refractivity contribution is 5.61. The molecule has 2 aromatic rings. The number of anilines is 3. The summed E-state index contributed by atoms with van der Waals surface area (Å²) in [5, 5.41) is 0. The molecule has 0 bridgehead atoms. The molecule has 0 N–H and O–H groups in total. The lowest BCUT2D eigenvalue weighted by molar-refractivity contribution is 0.720. The van der Waals surface area contributed by atoms with Crippen molar-refractivity contribution in [3.8, 4) is 0 Å². The molecule has 0 aliphatic rings. The van der Waals surface area contributed by atoms with Crippen LogP contribution in [-0.4, -0.2) is 29.6 Å². The first-order chi connectivity index (χ1) is 11.2. The van der Waals surface area contributed by atoms with Gasteiger partial charge in [0.25, 0.3) is 0 Å². The van der Waals surface area contributed by atoms with E-state index in [2.05, 4.69) is 66.7 Å². The number of aryl methyl sites for hydroxylation is 1. The van der Waals surface area contributed by atoms with Gasteiger partial charge in [-0.25, -0.2) is 4.98 Å². The lowest BCUT2D eigenvalue weighted by atomic mass is 10.2. The maximum Gasteiger partial charge on any atom is 0.227 e. The zero-order valence-electron chi connectivity index (χ0n) is 14.8. The van der Waals surface area contributed by atoms with Gasteiger partial charge in [-0.3, -0.25) is 0 Å². The molecule has 0 saturated carbocycles. The lowest BCUT2D eigenvalue weighted by Gasteiger charge is -2.25. The molecule has 0 spiro atoms. The van der Waals surface area contributed by atoms with Gasteiger partial charge in [-0.2, -0.15) is 4.98 Å². The van der Waals surface area contributed by atoms with Crippen molar-refractivity contribution in [2.75, 3.05) is 29.4 Å². The van der Waals surface area contributed by atoms with Gasteiger partial charge in [-0.05, 0) is 50.5 Å². The topological polar surface area (TPSA) is 32.3 Å². The monoisotopic (exact) mass is 312 g/mol. The van der Waals surface area contributed by atoms with E-state index in [1.165, 1.54) is 11.3 Å². The molecule has 4 heteroatoms. The Morgan fingerprint density at radius 2 is 1.74 bits per heavy atom. The lowest BCUT2D eigenvalue weighted by Crippen LogP contribution is -2.28. The van der Waals surface area contributed by atoms with E-state index in [0.29, 0.717) is 0 Å². The van der Waals surface area contributed by atoms with Crippen molar-refractivity contribution < 1.29 is 0 Å². The molecule has 124 valence electrons. The summed E-state index contributed by atoms with van der Waals surface area (Å²) in [7, 11) is 0. The van der Waals surface area contributed by atoms with Crippen LogP contribution in [0.15, 0.2) is 36.5 Å². The fourth-order valence-corrected chi connectivity index (χ4v) is 2.77. The van der Waals surface area contributed by atoms with Gasteiger partial charge >= 0.3 is 0 Å². The van der Waals surface area contributed by atoms with Crippen LogP contribution in [0, 0.1) is 6.92 Å². The van der Waals surface area contributed by atoms with Gasteiger partial charge in [0, 0.05) is 31.5 Å². The number of hydrogen-bond donors (Lipinski definition) is 0. The fourth-order valence-electron chi connectivity index (χ4n) is 2.77. The standard InChI is InChI=1S/C19H28N4/c1-5-13-22(14-6-2)19-20-12-11-18(21-19)23(7-3)17-10-8-9-16(4)15-17/h8-12,15H,5-7,13-14H2,1-4H3. The second kappa shape index (κ2) is 8.51. The molecular formula is C19H28N4. The van der Waals surface area contributed by atoms with Crippen molar-refractivity contribution in [2.24, 2.45) is 0 Å². The molecule has 0 aliphatic heterocycles. The van der Waals surface area contributed by atoms with Crippen LogP contribution in [0.4, 0.5) is 17.5 Å². The number of nitrogens with zero attached hydrogens (tertiary/aromatic N) is 4. The minimum atomic E-state index is 0.831. The molecule has 0 fully saturated rings. The summed E-state index contributed by atoms with van der Waals surface area (Å²) in [6.07, 6.45) is 4.07. The van der Waals surface area contributed by atoms with Crippen molar-refractivity contribution in [1.29, 1.82) is 0 Å². The van der Waals surface area contributed by atoms with Crippen LogP contribution in [0.2, 0.25) is 0 Å². The van der Waals surface area contributed by atoms with Gasteiger partial charge < -0.3 is 9.80 Å². The first-order valence-electron chi connectivity index (χ1n) is 8.61. The fraction of sp³-hybridized carbons (Fsp3) is 0.474. The second-order valence-corrected chi connectivity index (χ2v) is 5.79. The van der Waals surface area contributed by atoms with E-state index in [-0.39, 0.29) is 0 Å². The number of benzene rings is 1. The van der Waals surface area contributed by atoms with Gasteiger partial charge in [0.1, 0.15) is 5.82 Å². The van der Waals surface area contributed by atoms with E-state index in [0.717, 1.165) is 44.2 Å². The minimum Gasteiger partial charge on any atom is -0.341 e. The maximum atomic E-state index is 4.83. The highest BCUT2D eigenvalue weighted by Gasteiger charge is 2.13. The highest BCUT2D eigenvalue weighted by atomic mass is 15.3. The van der Waals surface area contributed by atoms with Crippen LogP contribution < -0.4 is 9.80 Å². The van der Waals surface area contributed by atoms with Crippen molar-refractivity contribution >= 4 is 17.5 Å². The van der Waals surface area contributed by atoms with Crippen molar-refractivity contribution in [1.82, 2.24) is 9.97 Å². The zero-order valence-corrected chi connectivity index (χ0v) is 14.8. The summed E-state index contributed by atoms with van der Waals surface area (Å²) in [6, 6.07) is 10.5. The second-order valence-electron chi connectivity index (χ2n) is 5.79. The number of rotatable bonds is 8. The minimum absolute atomic E-state index is 0.831. The van der Waals surface area contributed by atoms with Crippen molar-refractivity contribution in [3.63, 3.8) is 0 Å². The molecule has 2 rings (SSSR count). The summed E-state index contributed by atoms with van der Waals surface area (Å²) in [4.78, 5) is 13.8. The predicted molar refractivity (Wildman–Crippen MR) is 98.7 cm³/mol. The molecule has 0 atom stereocenters. The summed E-state index contributed by atoms with van der Waals surface area (Å²) in [5.74, 6) is 1.79. The van der Waals surface area contributed by atoms with Crippen LogP contribution in [0.25, 0.3) is 0 Å². The Labute approximate surface area is 140 Å². The summed E-state index contributed by atoms with van der Waals surface area (Å²) < 4.78 is 0. The first kappa shape index (κ1) is 17.3. The Bertz CT molecular complexity index is 606. The van der Waals surface area contributed by atoms with Gasteiger partial charge in [0.2, 0.25) is 5.95 Å². The summed E-state index contributed by atoms with van der Waals surface area (Å²) in [5.41, 5.74) is 2.43. The van der Waals surface area contributed by atoms with Crippen LogP contribution in [0.1, 0.15) is 39.2 Å². The average molecular weight is 312 g/mol. The molecule has 0 radical (unpaired) electrons. The van der Waals surface area contributed by atoms with E-state index in [9.17, 15) is 0 Å². The van der Waals surface area contributed by atoms with Gasteiger partial charge in [-0.15, -0.1) is 0 Å². The van der Waals surface area contributed by atoms with Crippen LogP contribution in [0.5, 0.6) is 0 Å². The van der Waals surface area contributed by atoms with Gasteiger partial charge in [-0.1, -0.05) is 26.0 Å². The average Bonchev–Trinajstić information content (AvgIpc) is 2.56. The molecular weight excluding hydrogens is 284 g/mol. The Balaban J connectivity index is 2.32. The SMILES string of the molecule is CCCN(CCC)c1nccc(N(CC)c2cccc(C)c2)n1. The molecule has 0 amide bonds. The number of aromatic nitrogens is 2. The molecule has 1 aromatic carbocycles. The molecule has 23 heavy (non-hydrogen) atoms.